The van der Waals surface area contributed by atoms with E-state index in [9.17, 15) is 0 Å². The Labute approximate surface area is 107 Å². The van der Waals surface area contributed by atoms with Crippen LogP contribution in [0.1, 0.15) is 0 Å². The third kappa shape index (κ3) is 2.11. The van der Waals surface area contributed by atoms with Crippen LogP contribution in [-0.4, -0.2) is 0 Å². The predicted molar refractivity (Wildman–Crippen MR) is 43.9 cm³/mol. The summed E-state index contributed by atoms with van der Waals surface area (Å²) in [7, 11) is 0. The van der Waals surface area contributed by atoms with E-state index in [0.717, 1.165) is 0 Å². The predicted octanol–water partition coefficient (Wildman–Crippen LogP) is 2.84. The molecule has 2 aromatic rings. The summed E-state index contributed by atoms with van der Waals surface area (Å²) in [6, 6.07) is 16.7. The maximum absolute atomic E-state index is 2.12. The topological polar surface area (TPSA) is 0 Å². The molecule has 0 nitrogen and oxygen atoms in total. The van der Waals surface area contributed by atoms with Gasteiger partial charge in [-0.15, -0.1) is 0 Å². The van der Waals surface area contributed by atoms with E-state index >= 15 is 0 Å². The van der Waals surface area contributed by atoms with Gasteiger partial charge in [0.2, 0.25) is 0 Å². The monoisotopic (exact) mass is 281 g/mol. The van der Waals surface area contributed by atoms with Gasteiger partial charge in [0.15, 0.2) is 0 Å². The Bertz CT molecular complexity index is 276. The van der Waals surface area contributed by atoms with Gasteiger partial charge in [0, 0.05) is 49.4 Å². The first-order valence-corrected chi connectivity index (χ1v) is 3.40. The summed E-state index contributed by atoms with van der Waals surface area (Å²) in [4.78, 5) is 0. The molecule has 0 saturated carbocycles. The molecule has 11 heavy (non-hydrogen) atoms. The molecule has 0 aliphatic carbocycles. The molecule has 2 aromatic carbocycles. The van der Waals surface area contributed by atoms with Crippen LogP contribution in [-0.2, 0) is 0 Å². The number of benzene rings is 2. The van der Waals surface area contributed by atoms with Crippen LogP contribution >= 0.6 is 0 Å². The molecular formula is C10H8Eu. The third-order valence-electron chi connectivity index (χ3n) is 1.66. The SMILES string of the molecule is [Eu].c1ccc2ccccc2c1. The number of hydrogen-bond acceptors (Lipinski definition) is 0. The number of rotatable bonds is 0. The van der Waals surface area contributed by atoms with Crippen molar-refractivity contribution in [2.24, 2.45) is 0 Å². The fourth-order valence-electron chi connectivity index (χ4n) is 1.13. The Kier molecular flexibility index (Phi) is 3.70. The Morgan fingerprint density at radius 3 is 1.09 bits per heavy atom. The average molecular weight is 280 g/mol. The van der Waals surface area contributed by atoms with Crippen molar-refractivity contribution in [1.82, 2.24) is 0 Å². The molecule has 0 unspecified atom stereocenters. The molecule has 0 atom stereocenters. The van der Waals surface area contributed by atoms with Gasteiger partial charge in [-0.2, -0.15) is 0 Å². The van der Waals surface area contributed by atoms with Crippen LogP contribution in [0.5, 0.6) is 0 Å². The summed E-state index contributed by atoms with van der Waals surface area (Å²) in [5.41, 5.74) is 0. The molecule has 1 radical (unpaired) electrons. The molecule has 55 valence electrons. The van der Waals surface area contributed by atoms with E-state index < -0.39 is 0 Å². The van der Waals surface area contributed by atoms with Crippen LogP contribution in [0.15, 0.2) is 48.5 Å². The van der Waals surface area contributed by atoms with Gasteiger partial charge in [-0.3, -0.25) is 0 Å². The zero-order chi connectivity index (χ0) is 6.81. The molecule has 0 heterocycles. The second kappa shape index (κ2) is 4.34. The first kappa shape index (κ1) is 9.37. The van der Waals surface area contributed by atoms with Gasteiger partial charge in [-0.05, 0) is 10.8 Å². The smallest absolute Gasteiger partial charge is 0 e. The van der Waals surface area contributed by atoms with Gasteiger partial charge < -0.3 is 0 Å². The molecule has 0 aromatic heterocycles. The quantitative estimate of drug-likeness (QED) is 0.696. The normalized spacial score (nSPS) is 9.09. The Morgan fingerprint density at radius 1 is 0.545 bits per heavy atom. The molecule has 0 bridgehead atoms. The Morgan fingerprint density at radius 2 is 0.818 bits per heavy atom. The second-order valence-electron chi connectivity index (χ2n) is 2.35. The first-order valence-electron chi connectivity index (χ1n) is 3.40. The maximum atomic E-state index is 2.12. The molecule has 0 amide bonds. The van der Waals surface area contributed by atoms with Crippen LogP contribution in [0.3, 0.4) is 0 Å². The van der Waals surface area contributed by atoms with Crippen molar-refractivity contribution in [2.75, 3.05) is 0 Å². The van der Waals surface area contributed by atoms with E-state index in [1.54, 1.807) is 0 Å². The third-order valence-corrected chi connectivity index (χ3v) is 1.66. The van der Waals surface area contributed by atoms with Gasteiger partial charge in [-0.25, -0.2) is 0 Å². The molecule has 0 fully saturated rings. The minimum Gasteiger partial charge on any atom is -0.0616 e. The van der Waals surface area contributed by atoms with Gasteiger partial charge in [0.05, 0.1) is 0 Å². The summed E-state index contributed by atoms with van der Waals surface area (Å²) in [5.74, 6) is 0. The fourth-order valence-corrected chi connectivity index (χ4v) is 1.13. The van der Waals surface area contributed by atoms with E-state index in [-0.39, 0.29) is 49.4 Å². The van der Waals surface area contributed by atoms with Crippen molar-refractivity contribution in [3.63, 3.8) is 0 Å². The van der Waals surface area contributed by atoms with Crippen LogP contribution in [0.25, 0.3) is 10.8 Å². The molecule has 1 heteroatoms. The molecular weight excluding hydrogens is 272 g/mol. The van der Waals surface area contributed by atoms with E-state index in [1.165, 1.54) is 10.8 Å². The summed E-state index contributed by atoms with van der Waals surface area (Å²) in [5, 5.41) is 2.62. The molecule has 2 rings (SSSR count). The second-order valence-corrected chi connectivity index (χ2v) is 2.35. The summed E-state index contributed by atoms with van der Waals surface area (Å²) in [6.45, 7) is 0. The maximum Gasteiger partial charge on any atom is 0 e. The fraction of sp³-hybridized carbons (Fsp3) is 0. The minimum atomic E-state index is 0. The van der Waals surface area contributed by atoms with Gasteiger partial charge in [0.25, 0.3) is 0 Å². The molecule has 0 saturated heterocycles. The van der Waals surface area contributed by atoms with Crippen molar-refractivity contribution in [3.8, 4) is 0 Å². The zero-order valence-corrected chi connectivity index (χ0v) is 8.42. The van der Waals surface area contributed by atoms with E-state index in [0.29, 0.717) is 0 Å². The first-order chi connectivity index (χ1) is 4.97. The molecule has 0 spiro atoms. The number of fused-ring (bicyclic) bond motifs is 1. The zero-order valence-electron chi connectivity index (χ0n) is 6.00. The molecule has 0 aliphatic rings. The van der Waals surface area contributed by atoms with Crippen LogP contribution in [0.4, 0.5) is 0 Å². The van der Waals surface area contributed by atoms with Crippen molar-refractivity contribution >= 4 is 10.8 Å². The van der Waals surface area contributed by atoms with Crippen LogP contribution < -0.4 is 0 Å². The standard InChI is InChI=1S/C10H8.Eu/c1-2-6-10-8-4-3-7-9(10)5-1;/h1-8H;. The van der Waals surface area contributed by atoms with E-state index in [2.05, 4.69) is 48.5 Å². The van der Waals surface area contributed by atoms with Gasteiger partial charge in [-0.1, -0.05) is 48.5 Å². The van der Waals surface area contributed by atoms with Crippen molar-refractivity contribution in [2.45, 2.75) is 0 Å². The van der Waals surface area contributed by atoms with Crippen molar-refractivity contribution in [1.29, 1.82) is 0 Å². The summed E-state index contributed by atoms with van der Waals surface area (Å²) < 4.78 is 0. The van der Waals surface area contributed by atoms with Crippen molar-refractivity contribution < 1.29 is 49.4 Å². The van der Waals surface area contributed by atoms with Crippen molar-refractivity contribution in [3.05, 3.63) is 48.5 Å². The largest absolute Gasteiger partial charge is 0.0616 e. The summed E-state index contributed by atoms with van der Waals surface area (Å²) >= 11 is 0. The Hall–Kier alpha value is 0.284. The summed E-state index contributed by atoms with van der Waals surface area (Å²) in [6.07, 6.45) is 0. The molecule has 0 aliphatic heterocycles. The van der Waals surface area contributed by atoms with E-state index in [1.807, 2.05) is 0 Å². The number of hydrogen-bond donors (Lipinski definition) is 0. The van der Waals surface area contributed by atoms with Crippen LogP contribution in [0, 0.1) is 49.4 Å². The van der Waals surface area contributed by atoms with E-state index in [4.69, 9.17) is 0 Å². The van der Waals surface area contributed by atoms with Gasteiger partial charge >= 0.3 is 0 Å². The van der Waals surface area contributed by atoms with Crippen LogP contribution in [0.2, 0.25) is 0 Å². The average Bonchev–Trinajstić information content (AvgIpc) is 2.05. The van der Waals surface area contributed by atoms with Gasteiger partial charge in [0.1, 0.15) is 0 Å². The molecule has 0 N–H and O–H groups in total. The Balaban J connectivity index is 0.000000605. The minimum absolute atomic E-state index is 0.